The van der Waals surface area contributed by atoms with Crippen LogP contribution in [-0.4, -0.2) is 20.7 Å². The lowest BCUT2D eigenvalue weighted by Gasteiger charge is -2.12. The van der Waals surface area contributed by atoms with Gasteiger partial charge in [0.15, 0.2) is 0 Å². The molecule has 0 atom stereocenters. The summed E-state index contributed by atoms with van der Waals surface area (Å²) < 4.78 is 1.24. The Balaban J connectivity index is 1.67. The van der Waals surface area contributed by atoms with Crippen LogP contribution in [0.1, 0.15) is 22.4 Å². The third kappa shape index (κ3) is 4.27. The Morgan fingerprint density at radius 1 is 1.00 bits per heavy atom. The molecule has 6 heteroatoms. The molecule has 2 heterocycles. The molecule has 1 amide bonds. The number of carbonyl (C=O) groups is 1. The zero-order valence-electron chi connectivity index (χ0n) is 16.9. The molecule has 0 fully saturated rings. The van der Waals surface area contributed by atoms with E-state index in [2.05, 4.69) is 15.4 Å². The average molecular weight is 398 g/mol. The number of carbonyl (C=O) groups excluding carboxylic acids is 1. The molecule has 0 spiro atoms. The molecule has 0 unspecified atom stereocenters. The summed E-state index contributed by atoms with van der Waals surface area (Å²) in [4.78, 5) is 29.7. The van der Waals surface area contributed by atoms with E-state index in [4.69, 9.17) is 0 Å². The van der Waals surface area contributed by atoms with Gasteiger partial charge in [-0.3, -0.25) is 14.6 Å². The molecular weight excluding hydrogens is 376 g/mol. The number of rotatable bonds is 5. The number of nitrogens with zero attached hydrogens (tertiary/aromatic N) is 3. The molecule has 30 heavy (non-hydrogen) atoms. The van der Waals surface area contributed by atoms with E-state index < -0.39 is 0 Å². The molecule has 6 nitrogen and oxygen atoms in total. The molecule has 0 saturated carbocycles. The predicted octanol–water partition coefficient (Wildman–Crippen LogP) is 3.64. The predicted molar refractivity (Wildman–Crippen MR) is 118 cm³/mol. The molecule has 1 N–H and O–H groups in total. The van der Waals surface area contributed by atoms with E-state index in [1.807, 2.05) is 62.4 Å². The Labute approximate surface area is 174 Å². The van der Waals surface area contributed by atoms with Crippen LogP contribution in [0.4, 0.5) is 5.69 Å². The maximum atomic E-state index is 12.9. The number of fused-ring (bicyclic) bond motifs is 1. The molecule has 2 aromatic heterocycles. The first-order valence-electron chi connectivity index (χ1n) is 9.75. The molecule has 4 rings (SSSR count). The van der Waals surface area contributed by atoms with Gasteiger partial charge in [-0.05, 0) is 54.8 Å². The van der Waals surface area contributed by atoms with E-state index >= 15 is 0 Å². The minimum absolute atomic E-state index is 0.156. The molecule has 0 radical (unpaired) electrons. The molecule has 0 aliphatic carbocycles. The van der Waals surface area contributed by atoms with E-state index in [9.17, 15) is 9.59 Å². The van der Waals surface area contributed by atoms with Crippen LogP contribution in [0.5, 0.6) is 0 Å². The molecule has 2 aromatic carbocycles. The van der Waals surface area contributed by atoms with Crippen molar-refractivity contribution in [3.05, 3.63) is 99.7 Å². The number of amides is 1. The fourth-order valence-electron chi connectivity index (χ4n) is 3.62. The van der Waals surface area contributed by atoms with Crippen molar-refractivity contribution in [2.45, 2.75) is 26.8 Å². The van der Waals surface area contributed by atoms with Gasteiger partial charge in [-0.2, -0.15) is 5.10 Å². The lowest BCUT2D eigenvalue weighted by molar-refractivity contribution is -0.117. The van der Waals surface area contributed by atoms with Gasteiger partial charge in [-0.1, -0.05) is 30.3 Å². The van der Waals surface area contributed by atoms with Crippen LogP contribution >= 0.6 is 0 Å². The zero-order valence-corrected chi connectivity index (χ0v) is 16.9. The Morgan fingerprint density at radius 3 is 2.43 bits per heavy atom. The molecule has 150 valence electrons. The standard InChI is InChI=1S/C24H22N4O2/c1-16-10-17(2)12-19(11-16)26-23(29)15-28-24(30)21-8-4-3-7-20(21)22(27-28)13-18-6-5-9-25-14-18/h3-12,14H,13,15H2,1-2H3,(H,26,29). The van der Waals surface area contributed by atoms with E-state index in [1.165, 1.54) is 4.68 Å². The molecule has 4 aromatic rings. The van der Waals surface area contributed by atoms with Gasteiger partial charge in [0.05, 0.1) is 11.1 Å². The van der Waals surface area contributed by atoms with E-state index in [1.54, 1.807) is 18.5 Å². The highest BCUT2D eigenvalue weighted by molar-refractivity contribution is 5.91. The van der Waals surface area contributed by atoms with Gasteiger partial charge in [0, 0.05) is 29.9 Å². The minimum Gasteiger partial charge on any atom is -0.324 e. The zero-order chi connectivity index (χ0) is 21.1. The SMILES string of the molecule is Cc1cc(C)cc(NC(=O)Cn2nc(Cc3cccnc3)c3ccccc3c2=O)c1. The van der Waals surface area contributed by atoms with Crippen LogP contribution < -0.4 is 10.9 Å². The van der Waals surface area contributed by atoms with Crippen molar-refractivity contribution in [1.82, 2.24) is 14.8 Å². The summed E-state index contributed by atoms with van der Waals surface area (Å²) >= 11 is 0. The summed E-state index contributed by atoms with van der Waals surface area (Å²) in [5.41, 5.74) is 4.27. The molecule has 0 aliphatic rings. The maximum Gasteiger partial charge on any atom is 0.275 e. The van der Waals surface area contributed by atoms with Crippen molar-refractivity contribution >= 4 is 22.4 Å². The monoisotopic (exact) mass is 398 g/mol. The first kappa shape index (κ1) is 19.5. The molecule has 0 aliphatic heterocycles. The van der Waals surface area contributed by atoms with Crippen molar-refractivity contribution in [2.24, 2.45) is 0 Å². The topological polar surface area (TPSA) is 76.9 Å². The van der Waals surface area contributed by atoms with Gasteiger partial charge < -0.3 is 5.32 Å². The second-order valence-corrected chi connectivity index (χ2v) is 7.42. The Kier molecular flexibility index (Phi) is 5.39. The smallest absolute Gasteiger partial charge is 0.275 e. The van der Waals surface area contributed by atoms with E-state index in [0.717, 1.165) is 27.8 Å². The van der Waals surface area contributed by atoms with Crippen molar-refractivity contribution in [2.75, 3.05) is 5.32 Å². The average Bonchev–Trinajstić information content (AvgIpc) is 2.71. The number of pyridine rings is 1. The van der Waals surface area contributed by atoms with Gasteiger partial charge in [0.1, 0.15) is 6.54 Å². The Morgan fingerprint density at radius 2 is 1.73 bits per heavy atom. The first-order chi connectivity index (χ1) is 14.5. The third-order valence-electron chi connectivity index (χ3n) is 4.84. The van der Waals surface area contributed by atoms with Gasteiger partial charge >= 0.3 is 0 Å². The van der Waals surface area contributed by atoms with Crippen LogP contribution in [-0.2, 0) is 17.8 Å². The number of benzene rings is 2. The van der Waals surface area contributed by atoms with Crippen molar-refractivity contribution in [1.29, 1.82) is 0 Å². The van der Waals surface area contributed by atoms with E-state index in [0.29, 0.717) is 17.5 Å². The van der Waals surface area contributed by atoms with Crippen LogP contribution in [0, 0.1) is 13.8 Å². The highest BCUT2D eigenvalue weighted by Gasteiger charge is 2.14. The summed E-state index contributed by atoms with van der Waals surface area (Å²) in [6.07, 6.45) is 4.01. The Bertz CT molecular complexity index is 1260. The number of aryl methyl sites for hydroxylation is 2. The van der Waals surface area contributed by atoms with Gasteiger partial charge in [0.2, 0.25) is 5.91 Å². The summed E-state index contributed by atoms with van der Waals surface area (Å²) in [7, 11) is 0. The molecule has 0 saturated heterocycles. The van der Waals surface area contributed by atoms with Crippen LogP contribution in [0.2, 0.25) is 0 Å². The number of aromatic nitrogens is 3. The second-order valence-electron chi connectivity index (χ2n) is 7.42. The second kappa shape index (κ2) is 8.29. The van der Waals surface area contributed by atoms with Crippen molar-refractivity contribution < 1.29 is 4.79 Å². The van der Waals surface area contributed by atoms with Crippen molar-refractivity contribution in [3.63, 3.8) is 0 Å². The van der Waals surface area contributed by atoms with Crippen LogP contribution in [0.3, 0.4) is 0 Å². The summed E-state index contributed by atoms with van der Waals surface area (Å²) in [5, 5.41) is 8.73. The lowest BCUT2D eigenvalue weighted by atomic mass is 10.1. The third-order valence-corrected chi connectivity index (χ3v) is 4.84. The lowest BCUT2D eigenvalue weighted by Crippen LogP contribution is -2.30. The molecular formula is C24H22N4O2. The number of anilines is 1. The number of nitrogens with one attached hydrogen (secondary N) is 1. The van der Waals surface area contributed by atoms with Gasteiger partial charge in [0.25, 0.3) is 5.56 Å². The normalized spacial score (nSPS) is 10.9. The Hall–Kier alpha value is -3.80. The summed E-state index contributed by atoms with van der Waals surface area (Å²) in [6.45, 7) is 3.79. The highest BCUT2D eigenvalue weighted by atomic mass is 16.2. The number of hydrogen-bond acceptors (Lipinski definition) is 4. The fourth-order valence-corrected chi connectivity index (χ4v) is 3.62. The number of hydrogen-bond donors (Lipinski definition) is 1. The van der Waals surface area contributed by atoms with E-state index in [-0.39, 0.29) is 18.0 Å². The summed E-state index contributed by atoms with van der Waals surface area (Å²) in [6, 6.07) is 17.0. The van der Waals surface area contributed by atoms with Crippen LogP contribution in [0.25, 0.3) is 10.8 Å². The highest BCUT2D eigenvalue weighted by Crippen LogP contribution is 2.17. The fraction of sp³-hybridized carbons (Fsp3) is 0.167. The minimum atomic E-state index is -0.294. The largest absolute Gasteiger partial charge is 0.324 e. The quantitative estimate of drug-likeness (QED) is 0.557. The van der Waals surface area contributed by atoms with Crippen molar-refractivity contribution in [3.8, 4) is 0 Å². The van der Waals surface area contributed by atoms with Crippen LogP contribution in [0.15, 0.2) is 71.8 Å². The maximum absolute atomic E-state index is 12.9. The summed E-state index contributed by atoms with van der Waals surface area (Å²) in [5.74, 6) is -0.294. The van der Waals surface area contributed by atoms with Gasteiger partial charge in [-0.15, -0.1) is 0 Å². The molecule has 0 bridgehead atoms. The first-order valence-corrected chi connectivity index (χ1v) is 9.75. The van der Waals surface area contributed by atoms with Gasteiger partial charge in [-0.25, -0.2) is 4.68 Å².